The van der Waals surface area contributed by atoms with E-state index in [9.17, 15) is 0 Å². The first kappa shape index (κ1) is 10.2. The highest BCUT2D eigenvalue weighted by molar-refractivity contribution is 9.10. The maximum Gasteiger partial charge on any atom is 0.140 e. The maximum absolute atomic E-state index is 4.21. The maximum atomic E-state index is 4.21. The first-order chi connectivity index (χ1) is 7.36. The first-order valence-corrected chi connectivity index (χ1v) is 5.47. The third-order valence-corrected chi connectivity index (χ3v) is 2.64. The average Bonchev–Trinajstić information content (AvgIpc) is 2.74. The van der Waals surface area contributed by atoms with Gasteiger partial charge in [-0.3, -0.25) is 0 Å². The van der Waals surface area contributed by atoms with Crippen molar-refractivity contribution in [1.29, 1.82) is 0 Å². The van der Waals surface area contributed by atoms with Crippen LogP contribution in [0.25, 0.3) is 0 Å². The third kappa shape index (κ3) is 2.79. The monoisotopic (exact) mass is 266 g/mol. The van der Waals surface area contributed by atoms with Crippen LogP contribution < -0.4 is 5.32 Å². The number of anilines is 1. The first-order valence-electron chi connectivity index (χ1n) is 4.68. The van der Waals surface area contributed by atoms with E-state index in [2.05, 4.69) is 36.2 Å². The summed E-state index contributed by atoms with van der Waals surface area (Å²) in [5.41, 5.74) is 1.12. The van der Waals surface area contributed by atoms with Crippen LogP contribution in [0.1, 0.15) is 5.69 Å². The number of imidazole rings is 1. The van der Waals surface area contributed by atoms with E-state index in [4.69, 9.17) is 0 Å². The van der Waals surface area contributed by atoms with Crippen molar-refractivity contribution in [3.63, 3.8) is 0 Å². The lowest BCUT2D eigenvalue weighted by Gasteiger charge is -2.05. The summed E-state index contributed by atoms with van der Waals surface area (Å²) in [5, 5.41) is 3.25. The summed E-state index contributed by atoms with van der Waals surface area (Å²) in [5.74, 6) is 0.872. The molecule has 2 aromatic heterocycles. The lowest BCUT2D eigenvalue weighted by Crippen LogP contribution is -2.06. The molecule has 0 atom stereocenters. The lowest BCUT2D eigenvalue weighted by atomic mass is 10.3. The molecule has 2 rings (SSSR count). The molecule has 15 heavy (non-hydrogen) atoms. The molecule has 0 saturated carbocycles. The van der Waals surface area contributed by atoms with Crippen molar-refractivity contribution in [3.05, 3.63) is 41.0 Å². The smallest absolute Gasteiger partial charge is 0.140 e. The van der Waals surface area contributed by atoms with Crippen molar-refractivity contribution in [2.45, 2.75) is 6.42 Å². The molecule has 0 aliphatic heterocycles. The van der Waals surface area contributed by atoms with E-state index in [0.29, 0.717) is 0 Å². The molecule has 0 bridgehead atoms. The Balaban J connectivity index is 1.86. The van der Waals surface area contributed by atoms with E-state index in [1.54, 1.807) is 12.5 Å². The minimum atomic E-state index is 0.831. The number of nitrogens with one attached hydrogen (secondary N) is 2. The Labute approximate surface area is 96.3 Å². The minimum Gasteiger partial charge on any atom is -0.369 e. The Hall–Kier alpha value is -1.36. The highest BCUT2D eigenvalue weighted by atomic mass is 79.9. The second kappa shape index (κ2) is 4.93. The van der Waals surface area contributed by atoms with E-state index in [0.717, 1.165) is 29.0 Å². The van der Waals surface area contributed by atoms with Gasteiger partial charge in [0.1, 0.15) is 5.82 Å². The molecular formula is C10H11BrN4. The fourth-order valence-corrected chi connectivity index (χ4v) is 1.65. The molecular weight excluding hydrogens is 256 g/mol. The Kier molecular flexibility index (Phi) is 3.34. The normalized spacial score (nSPS) is 10.2. The van der Waals surface area contributed by atoms with Crippen LogP contribution >= 0.6 is 15.9 Å². The summed E-state index contributed by atoms with van der Waals surface area (Å²) < 4.78 is 0.981. The summed E-state index contributed by atoms with van der Waals surface area (Å²) in [7, 11) is 0. The van der Waals surface area contributed by atoms with Crippen LogP contribution in [0.4, 0.5) is 5.82 Å². The van der Waals surface area contributed by atoms with Gasteiger partial charge in [-0.15, -0.1) is 0 Å². The second-order valence-corrected chi connectivity index (χ2v) is 3.94. The van der Waals surface area contributed by atoms with E-state index in [1.165, 1.54) is 0 Å². The van der Waals surface area contributed by atoms with Gasteiger partial charge in [0.25, 0.3) is 0 Å². The molecule has 0 spiro atoms. The Morgan fingerprint density at radius 3 is 3.13 bits per heavy atom. The number of aromatic nitrogens is 3. The van der Waals surface area contributed by atoms with Gasteiger partial charge in [0.15, 0.2) is 0 Å². The number of halogens is 1. The minimum absolute atomic E-state index is 0.831. The summed E-state index contributed by atoms with van der Waals surface area (Å²) in [4.78, 5) is 11.2. The van der Waals surface area contributed by atoms with E-state index >= 15 is 0 Å². The molecule has 2 heterocycles. The Morgan fingerprint density at radius 2 is 2.40 bits per heavy atom. The summed E-state index contributed by atoms with van der Waals surface area (Å²) in [6.07, 6.45) is 6.19. The number of aromatic amines is 1. The zero-order chi connectivity index (χ0) is 10.5. The summed E-state index contributed by atoms with van der Waals surface area (Å²) >= 11 is 3.43. The standard InChI is InChI=1S/C10H11BrN4/c11-9-2-1-4-13-10(9)14-5-3-8-6-12-7-15-8/h1-2,4,6-7H,3,5H2,(H,12,15)(H,13,14). The Morgan fingerprint density at radius 1 is 1.47 bits per heavy atom. The largest absolute Gasteiger partial charge is 0.369 e. The third-order valence-electron chi connectivity index (χ3n) is 2.00. The number of hydrogen-bond donors (Lipinski definition) is 2. The van der Waals surface area contributed by atoms with Gasteiger partial charge in [-0.25, -0.2) is 9.97 Å². The quantitative estimate of drug-likeness (QED) is 0.893. The number of hydrogen-bond acceptors (Lipinski definition) is 3. The highest BCUT2D eigenvalue weighted by Crippen LogP contribution is 2.17. The van der Waals surface area contributed by atoms with Crippen LogP contribution in [0.3, 0.4) is 0 Å². The van der Waals surface area contributed by atoms with Gasteiger partial charge in [-0.05, 0) is 28.1 Å². The summed E-state index contributed by atoms with van der Waals surface area (Å²) in [6, 6.07) is 3.86. The number of pyridine rings is 1. The van der Waals surface area contributed by atoms with Crippen LogP contribution in [0, 0.1) is 0 Å². The topological polar surface area (TPSA) is 53.6 Å². The van der Waals surface area contributed by atoms with Crippen LogP contribution in [0.15, 0.2) is 35.3 Å². The molecule has 0 fully saturated rings. The van der Waals surface area contributed by atoms with Gasteiger partial charge >= 0.3 is 0 Å². The van der Waals surface area contributed by atoms with Crippen LogP contribution in [-0.4, -0.2) is 21.5 Å². The molecule has 0 radical (unpaired) electrons. The van der Waals surface area contributed by atoms with Crippen LogP contribution in [0.5, 0.6) is 0 Å². The molecule has 4 nitrogen and oxygen atoms in total. The fraction of sp³-hybridized carbons (Fsp3) is 0.200. The van der Waals surface area contributed by atoms with Crippen molar-refractivity contribution < 1.29 is 0 Å². The summed E-state index contributed by atoms with van der Waals surface area (Å²) in [6.45, 7) is 0.831. The van der Waals surface area contributed by atoms with Crippen LogP contribution in [-0.2, 0) is 6.42 Å². The number of H-pyrrole nitrogens is 1. The second-order valence-electron chi connectivity index (χ2n) is 3.09. The molecule has 0 aliphatic carbocycles. The Bertz CT molecular complexity index is 413. The highest BCUT2D eigenvalue weighted by Gasteiger charge is 1.99. The molecule has 5 heteroatoms. The van der Waals surface area contributed by atoms with Crippen molar-refractivity contribution in [2.24, 2.45) is 0 Å². The molecule has 78 valence electrons. The number of nitrogens with zero attached hydrogens (tertiary/aromatic N) is 2. The predicted molar refractivity (Wildman–Crippen MR) is 62.7 cm³/mol. The SMILES string of the molecule is Brc1cccnc1NCCc1cnc[nH]1. The number of rotatable bonds is 4. The predicted octanol–water partition coefficient (Wildman–Crippen LogP) is 2.22. The van der Waals surface area contributed by atoms with E-state index in [-0.39, 0.29) is 0 Å². The van der Waals surface area contributed by atoms with Crippen molar-refractivity contribution in [3.8, 4) is 0 Å². The molecule has 0 aliphatic rings. The zero-order valence-electron chi connectivity index (χ0n) is 8.07. The van der Waals surface area contributed by atoms with Crippen molar-refractivity contribution in [2.75, 3.05) is 11.9 Å². The van der Waals surface area contributed by atoms with Crippen molar-refractivity contribution in [1.82, 2.24) is 15.0 Å². The average molecular weight is 267 g/mol. The fourth-order valence-electron chi connectivity index (χ4n) is 1.25. The molecule has 0 aromatic carbocycles. The molecule has 0 unspecified atom stereocenters. The zero-order valence-corrected chi connectivity index (χ0v) is 9.66. The molecule has 2 aromatic rings. The molecule has 0 saturated heterocycles. The van der Waals surface area contributed by atoms with Crippen LogP contribution in [0.2, 0.25) is 0 Å². The van der Waals surface area contributed by atoms with Gasteiger partial charge in [0.2, 0.25) is 0 Å². The van der Waals surface area contributed by atoms with Gasteiger partial charge in [-0.2, -0.15) is 0 Å². The molecule has 2 N–H and O–H groups in total. The van der Waals surface area contributed by atoms with E-state index < -0.39 is 0 Å². The van der Waals surface area contributed by atoms with Gasteiger partial charge in [0.05, 0.1) is 10.8 Å². The van der Waals surface area contributed by atoms with Gasteiger partial charge < -0.3 is 10.3 Å². The molecule has 0 amide bonds. The van der Waals surface area contributed by atoms with Gasteiger partial charge in [-0.1, -0.05) is 0 Å². The van der Waals surface area contributed by atoms with Gasteiger partial charge in [0, 0.05) is 31.1 Å². The lowest BCUT2D eigenvalue weighted by molar-refractivity contribution is 0.966. The van der Waals surface area contributed by atoms with E-state index in [1.807, 2.05) is 18.3 Å². The van der Waals surface area contributed by atoms with Crippen molar-refractivity contribution >= 4 is 21.7 Å².